The molecule has 7 nitrogen and oxygen atoms in total. The summed E-state index contributed by atoms with van der Waals surface area (Å²) in [7, 11) is 5.39. The zero-order valence-electron chi connectivity index (χ0n) is 15.9. The molecule has 2 aromatic rings. The first kappa shape index (κ1) is 20.0. The van der Waals surface area contributed by atoms with E-state index in [-0.39, 0.29) is 16.4 Å². The molecule has 8 heteroatoms. The van der Waals surface area contributed by atoms with E-state index < -0.39 is 17.7 Å². The Kier molecular flexibility index (Phi) is 5.76. The number of ether oxygens (including phenoxy) is 1. The summed E-state index contributed by atoms with van der Waals surface area (Å²) in [5.41, 5.74) is 0.300. The number of hydrogen-bond donors (Lipinski definition) is 2. The van der Waals surface area contributed by atoms with E-state index in [1.54, 1.807) is 24.3 Å². The summed E-state index contributed by atoms with van der Waals surface area (Å²) in [6.07, 6.45) is 1.47. The number of furan rings is 1. The Morgan fingerprint density at radius 3 is 2.64 bits per heavy atom. The smallest absolute Gasteiger partial charge is 0.295 e. The van der Waals surface area contributed by atoms with E-state index in [1.807, 2.05) is 14.1 Å². The minimum atomic E-state index is -0.796. The molecule has 148 valence electrons. The second-order valence-electron chi connectivity index (χ2n) is 6.81. The minimum absolute atomic E-state index is 0.0186. The predicted molar refractivity (Wildman–Crippen MR) is 103 cm³/mol. The highest BCUT2D eigenvalue weighted by Crippen LogP contribution is 2.40. The van der Waals surface area contributed by atoms with Crippen molar-refractivity contribution >= 4 is 29.1 Å². The van der Waals surface area contributed by atoms with E-state index in [9.17, 15) is 14.7 Å². The molecule has 0 aliphatic carbocycles. The summed E-state index contributed by atoms with van der Waals surface area (Å²) in [4.78, 5) is 28.0. The van der Waals surface area contributed by atoms with Crippen molar-refractivity contribution in [2.45, 2.75) is 6.04 Å². The first-order valence-corrected chi connectivity index (χ1v) is 9.17. The summed E-state index contributed by atoms with van der Waals surface area (Å²) >= 11 is 6.15. The average molecular weight is 406 g/mol. The van der Waals surface area contributed by atoms with Crippen molar-refractivity contribution in [2.75, 3.05) is 34.3 Å². The van der Waals surface area contributed by atoms with Gasteiger partial charge in [-0.25, -0.2) is 0 Å². The molecule has 28 heavy (non-hydrogen) atoms. The topological polar surface area (TPSA) is 84.4 Å². The van der Waals surface area contributed by atoms with Gasteiger partial charge in [-0.3, -0.25) is 9.59 Å². The van der Waals surface area contributed by atoms with Gasteiger partial charge in [0.25, 0.3) is 11.7 Å². The Bertz CT molecular complexity index is 921. The summed E-state index contributed by atoms with van der Waals surface area (Å²) in [6, 6.07) is 7.22. The summed E-state index contributed by atoms with van der Waals surface area (Å²) < 4.78 is 10.6. The Labute approximate surface area is 167 Å². The van der Waals surface area contributed by atoms with E-state index >= 15 is 0 Å². The molecule has 2 heterocycles. The largest absolute Gasteiger partial charge is 0.507 e. The quantitative estimate of drug-likeness (QED) is 0.432. The third-order valence-corrected chi connectivity index (χ3v) is 4.93. The lowest BCUT2D eigenvalue weighted by molar-refractivity contribution is -0.857. The fourth-order valence-electron chi connectivity index (χ4n) is 3.17. The highest BCUT2D eigenvalue weighted by atomic mass is 35.5. The van der Waals surface area contributed by atoms with E-state index in [0.29, 0.717) is 30.2 Å². The lowest BCUT2D eigenvalue weighted by Crippen LogP contribution is -3.06. The highest BCUT2D eigenvalue weighted by Gasteiger charge is 2.47. The standard InChI is InChI=1S/C20H21ClN2O5/c1-22(2)8-9-23-17(15-5-4-10-28-15)16(19(25)20(23)26)18(24)12-6-7-14(27-3)13(21)11-12/h4-7,10-11,17,24H,8-9H2,1-3H3/p+1/b18-16-/t17-/m1/s1. The van der Waals surface area contributed by atoms with Gasteiger partial charge in [0.15, 0.2) is 0 Å². The molecule has 0 radical (unpaired) electrons. The summed E-state index contributed by atoms with van der Waals surface area (Å²) in [5.74, 6) is -0.864. The van der Waals surface area contributed by atoms with Crippen molar-refractivity contribution in [3.63, 3.8) is 0 Å². The van der Waals surface area contributed by atoms with Crippen LogP contribution in [-0.2, 0) is 9.59 Å². The van der Waals surface area contributed by atoms with Crippen LogP contribution in [0.3, 0.4) is 0 Å². The van der Waals surface area contributed by atoms with E-state index in [2.05, 4.69) is 0 Å². The van der Waals surface area contributed by atoms with Crippen LogP contribution in [0.1, 0.15) is 17.4 Å². The second-order valence-corrected chi connectivity index (χ2v) is 7.22. The first-order valence-electron chi connectivity index (χ1n) is 8.80. The number of methoxy groups -OCH3 is 1. The van der Waals surface area contributed by atoms with Gasteiger partial charge < -0.3 is 24.1 Å². The van der Waals surface area contributed by atoms with Crippen LogP contribution in [-0.4, -0.2) is 56.0 Å². The van der Waals surface area contributed by atoms with Crippen molar-refractivity contribution < 1.29 is 28.7 Å². The monoisotopic (exact) mass is 405 g/mol. The second kappa shape index (κ2) is 8.08. The van der Waals surface area contributed by atoms with Crippen molar-refractivity contribution in [1.82, 2.24) is 4.90 Å². The number of quaternary nitrogens is 1. The summed E-state index contributed by atoms with van der Waals surface area (Å²) in [5, 5.41) is 11.2. The number of likely N-dealkylation sites (tertiary alicyclic amines) is 1. The van der Waals surface area contributed by atoms with Gasteiger partial charge in [-0.2, -0.15) is 0 Å². The molecule has 2 N–H and O–H groups in total. The molecular formula is C20H22ClN2O5+. The van der Waals surface area contributed by atoms with Crippen LogP contribution < -0.4 is 9.64 Å². The molecule has 3 rings (SSSR count). The Morgan fingerprint density at radius 2 is 2.07 bits per heavy atom. The third kappa shape index (κ3) is 3.63. The number of Topliss-reactive ketones (excluding diaryl/α,β-unsaturated/α-hetero) is 1. The molecule has 1 amide bonds. The fourth-order valence-corrected chi connectivity index (χ4v) is 3.42. The van der Waals surface area contributed by atoms with Gasteiger partial charge in [0.1, 0.15) is 23.3 Å². The SMILES string of the molecule is COc1ccc(/C(O)=C2/C(=O)C(=O)N(CC[NH+](C)C)[C@@H]2c2ccco2)cc1Cl. The van der Waals surface area contributed by atoms with Gasteiger partial charge in [0.05, 0.1) is 51.2 Å². The first-order chi connectivity index (χ1) is 13.3. The zero-order chi connectivity index (χ0) is 20.4. The number of nitrogens with zero attached hydrogens (tertiary/aromatic N) is 1. The van der Waals surface area contributed by atoms with Gasteiger partial charge in [-0.15, -0.1) is 0 Å². The number of carbonyl (C=O) groups excluding carboxylic acids is 2. The van der Waals surface area contributed by atoms with Crippen LogP contribution in [0.15, 0.2) is 46.6 Å². The van der Waals surface area contributed by atoms with Crippen molar-refractivity contribution in [1.29, 1.82) is 0 Å². The molecule has 1 aromatic heterocycles. The molecule has 1 saturated heterocycles. The molecule has 1 aromatic carbocycles. The fraction of sp³-hybridized carbons (Fsp3) is 0.300. The maximum atomic E-state index is 12.8. The molecule has 1 aliphatic rings. The molecule has 0 spiro atoms. The molecule has 0 saturated carbocycles. The number of rotatable bonds is 6. The molecule has 1 aliphatic heterocycles. The molecule has 0 bridgehead atoms. The Morgan fingerprint density at radius 1 is 1.32 bits per heavy atom. The molecule has 1 fully saturated rings. The number of likely N-dealkylation sites (N-methyl/N-ethyl adjacent to an activating group) is 1. The predicted octanol–water partition coefficient (Wildman–Crippen LogP) is 1.51. The van der Waals surface area contributed by atoms with Gasteiger partial charge in [-0.05, 0) is 30.3 Å². The van der Waals surface area contributed by atoms with Crippen molar-refractivity contribution in [3.05, 3.63) is 58.5 Å². The molecule has 0 unspecified atom stereocenters. The highest BCUT2D eigenvalue weighted by molar-refractivity contribution is 6.46. The van der Waals surface area contributed by atoms with Crippen LogP contribution in [0.4, 0.5) is 0 Å². The van der Waals surface area contributed by atoms with Gasteiger partial charge in [-0.1, -0.05) is 11.6 Å². The van der Waals surface area contributed by atoms with Gasteiger partial charge in [0.2, 0.25) is 0 Å². The van der Waals surface area contributed by atoms with Gasteiger partial charge >= 0.3 is 0 Å². The Balaban J connectivity index is 2.10. The number of nitrogens with one attached hydrogen (secondary N) is 1. The third-order valence-electron chi connectivity index (χ3n) is 4.63. The van der Waals surface area contributed by atoms with Crippen LogP contribution in [0, 0.1) is 0 Å². The number of amides is 1. The van der Waals surface area contributed by atoms with E-state index in [0.717, 1.165) is 4.90 Å². The van der Waals surface area contributed by atoms with Gasteiger partial charge in [0, 0.05) is 5.56 Å². The summed E-state index contributed by atoms with van der Waals surface area (Å²) in [6.45, 7) is 0.983. The normalized spacial score (nSPS) is 18.9. The lowest BCUT2D eigenvalue weighted by Gasteiger charge is -2.23. The maximum absolute atomic E-state index is 12.8. The number of hydrogen-bond acceptors (Lipinski definition) is 5. The molecule has 1 atom stereocenters. The van der Waals surface area contributed by atoms with Crippen molar-refractivity contribution in [2.24, 2.45) is 0 Å². The number of benzene rings is 1. The number of carbonyl (C=O) groups is 2. The Hall–Kier alpha value is -2.77. The lowest BCUT2D eigenvalue weighted by atomic mass is 9.99. The average Bonchev–Trinajstić information content (AvgIpc) is 3.27. The minimum Gasteiger partial charge on any atom is -0.507 e. The van der Waals surface area contributed by atoms with E-state index in [4.69, 9.17) is 20.8 Å². The number of aliphatic hydroxyl groups is 1. The van der Waals surface area contributed by atoms with E-state index in [1.165, 1.54) is 24.3 Å². The maximum Gasteiger partial charge on any atom is 0.295 e. The van der Waals surface area contributed by atoms with Crippen LogP contribution >= 0.6 is 11.6 Å². The van der Waals surface area contributed by atoms with Crippen LogP contribution in [0.5, 0.6) is 5.75 Å². The van der Waals surface area contributed by atoms with Crippen LogP contribution in [0.25, 0.3) is 5.76 Å². The van der Waals surface area contributed by atoms with Crippen molar-refractivity contribution in [3.8, 4) is 5.75 Å². The number of halogens is 1. The zero-order valence-corrected chi connectivity index (χ0v) is 16.6. The number of aliphatic hydroxyl groups excluding tert-OH is 1. The molecular weight excluding hydrogens is 384 g/mol. The number of ketones is 1. The van der Waals surface area contributed by atoms with Crippen LogP contribution in [0.2, 0.25) is 5.02 Å².